The molecule has 0 radical (unpaired) electrons. The molecular formula is C31H38N2O. The molecule has 178 valence electrons. The normalized spacial score (nSPS) is 14.6. The van der Waals surface area contributed by atoms with Gasteiger partial charge in [-0.15, -0.1) is 0 Å². The number of hydrogen-bond acceptors (Lipinski definition) is 2. The van der Waals surface area contributed by atoms with Crippen molar-refractivity contribution in [1.82, 2.24) is 9.88 Å². The average Bonchev–Trinajstić information content (AvgIpc) is 3.21. The van der Waals surface area contributed by atoms with Crippen LogP contribution in [0.2, 0.25) is 0 Å². The maximum Gasteiger partial charge on any atom is 0.222 e. The fraction of sp³-hybridized carbons (Fsp3) is 0.419. The zero-order valence-corrected chi connectivity index (χ0v) is 21.6. The van der Waals surface area contributed by atoms with E-state index in [-0.39, 0.29) is 16.7 Å². The molecule has 1 saturated heterocycles. The number of rotatable bonds is 5. The van der Waals surface area contributed by atoms with E-state index in [4.69, 9.17) is 4.98 Å². The van der Waals surface area contributed by atoms with Crippen LogP contribution in [-0.4, -0.2) is 28.9 Å². The molecule has 0 unspecified atom stereocenters. The first kappa shape index (κ1) is 24.2. The summed E-state index contributed by atoms with van der Waals surface area (Å²) in [6, 6.07) is 22.0. The van der Waals surface area contributed by atoms with E-state index in [1.54, 1.807) is 0 Å². The summed E-state index contributed by atoms with van der Waals surface area (Å²) in [6.07, 6.45) is 2.40. The van der Waals surface area contributed by atoms with E-state index in [0.717, 1.165) is 48.4 Å². The van der Waals surface area contributed by atoms with Crippen LogP contribution in [0.15, 0.2) is 60.7 Å². The third kappa shape index (κ3) is 5.41. The van der Waals surface area contributed by atoms with Gasteiger partial charge in [0.05, 0.1) is 11.4 Å². The third-order valence-electron chi connectivity index (χ3n) is 6.87. The molecule has 2 aromatic carbocycles. The SMILES string of the molecule is CC(C)(C)c1ccc(-c2ccc(-c3ccc(C(C)(C)C)cc3)c(CCN3CCCC3=O)n2)cc1. The van der Waals surface area contributed by atoms with Gasteiger partial charge >= 0.3 is 0 Å². The number of amides is 1. The Morgan fingerprint density at radius 2 is 1.32 bits per heavy atom. The van der Waals surface area contributed by atoms with Crippen molar-refractivity contribution in [3.63, 3.8) is 0 Å². The Kier molecular flexibility index (Phi) is 6.66. The van der Waals surface area contributed by atoms with Crippen molar-refractivity contribution in [2.45, 2.75) is 71.6 Å². The van der Waals surface area contributed by atoms with Gasteiger partial charge in [0.25, 0.3) is 0 Å². The lowest BCUT2D eigenvalue weighted by molar-refractivity contribution is -0.127. The molecular weight excluding hydrogens is 416 g/mol. The van der Waals surface area contributed by atoms with Crippen LogP contribution in [0.5, 0.6) is 0 Å². The smallest absolute Gasteiger partial charge is 0.222 e. The number of carbonyl (C=O) groups is 1. The number of aromatic nitrogens is 1. The summed E-state index contributed by atoms with van der Waals surface area (Å²) in [7, 11) is 0. The molecule has 0 atom stereocenters. The van der Waals surface area contributed by atoms with Crippen LogP contribution in [0.3, 0.4) is 0 Å². The summed E-state index contributed by atoms with van der Waals surface area (Å²) in [5, 5.41) is 0. The predicted octanol–water partition coefficient (Wildman–Crippen LogP) is 7.18. The molecule has 0 spiro atoms. The van der Waals surface area contributed by atoms with Crippen molar-refractivity contribution in [3.8, 4) is 22.4 Å². The summed E-state index contributed by atoms with van der Waals surface area (Å²) < 4.78 is 0. The lowest BCUT2D eigenvalue weighted by atomic mass is 9.86. The largest absolute Gasteiger partial charge is 0.342 e. The minimum Gasteiger partial charge on any atom is -0.342 e. The molecule has 0 aliphatic carbocycles. The number of hydrogen-bond donors (Lipinski definition) is 0. The highest BCUT2D eigenvalue weighted by atomic mass is 16.2. The molecule has 1 aliphatic heterocycles. The van der Waals surface area contributed by atoms with Crippen LogP contribution in [0.4, 0.5) is 0 Å². The summed E-state index contributed by atoms with van der Waals surface area (Å²) in [5.74, 6) is 0.269. The number of nitrogens with zero attached hydrogens (tertiary/aromatic N) is 2. The summed E-state index contributed by atoms with van der Waals surface area (Å²) >= 11 is 0. The van der Waals surface area contributed by atoms with Gasteiger partial charge < -0.3 is 4.90 Å². The average molecular weight is 455 g/mol. The van der Waals surface area contributed by atoms with Crippen molar-refractivity contribution in [2.24, 2.45) is 0 Å². The monoisotopic (exact) mass is 454 g/mol. The molecule has 34 heavy (non-hydrogen) atoms. The minimum atomic E-state index is 0.124. The zero-order chi connectivity index (χ0) is 24.5. The first-order valence-electron chi connectivity index (χ1n) is 12.5. The van der Waals surface area contributed by atoms with Crippen molar-refractivity contribution in [2.75, 3.05) is 13.1 Å². The van der Waals surface area contributed by atoms with E-state index in [1.165, 1.54) is 16.7 Å². The summed E-state index contributed by atoms with van der Waals surface area (Å²) in [6.45, 7) is 15.0. The van der Waals surface area contributed by atoms with E-state index in [1.807, 2.05) is 4.90 Å². The molecule has 1 amide bonds. The van der Waals surface area contributed by atoms with Crippen LogP contribution >= 0.6 is 0 Å². The van der Waals surface area contributed by atoms with Crippen molar-refractivity contribution in [1.29, 1.82) is 0 Å². The minimum absolute atomic E-state index is 0.124. The second-order valence-corrected chi connectivity index (χ2v) is 11.6. The Hall–Kier alpha value is -2.94. The van der Waals surface area contributed by atoms with E-state index in [2.05, 4.69) is 102 Å². The second-order valence-electron chi connectivity index (χ2n) is 11.6. The van der Waals surface area contributed by atoms with Gasteiger partial charge in [0, 0.05) is 37.1 Å². The summed E-state index contributed by atoms with van der Waals surface area (Å²) in [5.41, 5.74) is 8.39. The number of carbonyl (C=O) groups excluding carboxylic acids is 1. The third-order valence-corrected chi connectivity index (χ3v) is 6.87. The molecule has 0 N–H and O–H groups in total. The quantitative estimate of drug-likeness (QED) is 0.409. The van der Waals surface area contributed by atoms with Crippen LogP contribution in [-0.2, 0) is 22.0 Å². The predicted molar refractivity (Wildman–Crippen MR) is 142 cm³/mol. The number of benzene rings is 2. The topological polar surface area (TPSA) is 33.2 Å². The Morgan fingerprint density at radius 3 is 1.82 bits per heavy atom. The molecule has 4 rings (SSSR count). The van der Waals surface area contributed by atoms with Gasteiger partial charge in [-0.25, -0.2) is 0 Å². The van der Waals surface area contributed by atoms with E-state index >= 15 is 0 Å². The maximum atomic E-state index is 12.2. The van der Waals surface area contributed by atoms with Crippen molar-refractivity contribution < 1.29 is 4.79 Å². The lowest BCUT2D eigenvalue weighted by Gasteiger charge is -2.20. The Morgan fingerprint density at radius 1 is 0.765 bits per heavy atom. The molecule has 1 aromatic heterocycles. The molecule has 1 aliphatic rings. The van der Waals surface area contributed by atoms with Crippen molar-refractivity contribution in [3.05, 3.63) is 77.5 Å². The van der Waals surface area contributed by atoms with Gasteiger partial charge in [0.2, 0.25) is 5.91 Å². The van der Waals surface area contributed by atoms with Crippen LogP contribution < -0.4 is 0 Å². The Bertz CT molecular complexity index is 1150. The molecule has 0 bridgehead atoms. The lowest BCUT2D eigenvalue weighted by Crippen LogP contribution is -2.27. The number of likely N-dealkylation sites (tertiary alicyclic amines) is 1. The molecule has 2 heterocycles. The van der Waals surface area contributed by atoms with Gasteiger partial charge in [0.1, 0.15) is 0 Å². The first-order chi connectivity index (χ1) is 16.0. The van der Waals surface area contributed by atoms with E-state index in [9.17, 15) is 4.79 Å². The Labute approximate surface area is 205 Å². The molecule has 3 nitrogen and oxygen atoms in total. The van der Waals surface area contributed by atoms with Crippen LogP contribution in [0, 0.1) is 0 Å². The van der Waals surface area contributed by atoms with Gasteiger partial charge in [0.15, 0.2) is 0 Å². The maximum absolute atomic E-state index is 12.2. The van der Waals surface area contributed by atoms with Gasteiger partial charge in [-0.3, -0.25) is 9.78 Å². The fourth-order valence-electron chi connectivity index (χ4n) is 4.59. The van der Waals surface area contributed by atoms with Gasteiger partial charge in [-0.05, 0) is 40.0 Å². The Balaban J connectivity index is 1.68. The second kappa shape index (κ2) is 9.37. The van der Waals surface area contributed by atoms with Gasteiger partial charge in [-0.2, -0.15) is 0 Å². The first-order valence-corrected chi connectivity index (χ1v) is 12.5. The summed E-state index contributed by atoms with van der Waals surface area (Å²) in [4.78, 5) is 19.3. The molecule has 0 saturated carbocycles. The highest BCUT2D eigenvalue weighted by Gasteiger charge is 2.21. The molecule has 1 fully saturated rings. The van der Waals surface area contributed by atoms with Crippen LogP contribution in [0.1, 0.15) is 71.2 Å². The van der Waals surface area contributed by atoms with Crippen LogP contribution in [0.25, 0.3) is 22.4 Å². The molecule has 3 aromatic rings. The van der Waals surface area contributed by atoms with Gasteiger partial charge in [-0.1, -0.05) is 96.1 Å². The zero-order valence-electron chi connectivity index (χ0n) is 21.6. The van der Waals surface area contributed by atoms with E-state index in [0.29, 0.717) is 6.42 Å². The molecule has 3 heteroatoms. The number of pyridine rings is 1. The highest BCUT2D eigenvalue weighted by molar-refractivity contribution is 5.78. The standard InChI is InChI=1S/C31H38N2O/c1-30(2,3)24-13-9-22(10-14-24)26-17-18-27(23-11-15-25(16-12-23)31(4,5)6)32-28(26)19-21-33-20-7-8-29(33)34/h9-18H,7-8,19-21H2,1-6H3. The van der Waals surface area contributed by atoms with E-state index < -0.39 is 0 Å². The fourth-order valence-corrected chi connectivity index (χ4v) is 4.59. The highest BCUT2D eigenvalue weighted by Crippen LogP contribution is 2.31. The van der Waals surface area contributed by atoms with Crippen molar-refractivity contribution >= 4 is 5.91 Å².